The summed E-state index contributed by atoms with van der Waals surface area (Å²) in [5, 5.41) is 4.82. The fraction of sp³-hybridized carbons (Fsp3) is 0.379. The van der Waals surface area contributed by atoms with Crippen molar-refractivity contribution in [2.45, 2.75) is 52.4 Å². The van der Waals surface area contributed by atoms with Crippen LogP contribution >= 0.6 is 0 Å². The van der Waals surface area contributed by atoms with Crippen molar-refractivity contribution >= 4 is 11.5 Å². The molecule has 0 amide bonds. The number of benzene rings is 2. The molecular weight excluding hydrogens is 404 g/mol. The molecule has 0 spiro atoms. The molecule has 33 heavy (non-hydrogen) atoms. The summed E-state index contributed by atoms with van der Waals surface area (Å²) in [4.78, 5) is 7.62. The second-order valence-corrected chi connectivity index (χ2v) is 10.5. The quantitative estimate of drug-likeness (QED) is 0.366. The monoisotopic (exact) mass is 438 g/mol. The van der Waals surface area contributed by atoms with Crippen molar-refractivity contribution in [3.8, 4) is 11.1 Å². The minimum Gasteiger partial charge on any atom is -0.356 e. The van der Waals surface area contributed by atoms with Crippen LogP contribution in [0.1, 0.15) is 50.4 Å². The van der Waals surface area contributed by atoms with Crippen molar-refractivity contribution in [3.05, 3.63) is 83.7 Å². The first-order valence-electron chi connectivity index (χ1n) is 12.1. The van der Waals surface area contributed by atoms with Crippen LogP contribution in [0.3, 0.4) is 0 Å². The number of hydrogen-bond donors (Lipinski definition) is 0. The van der Waals surface area contributed by atoms with Crippen LogP contribution in [0, 0.1) is 12.8 Å². The van der Waals surface area contributed by atoms with E-state index in [-0.39, 0.29) is 5.41 Å². The molecular formula is C29H34N4. The maximum atomic E-state index is 5.11. The summed E-state index contributed by atoms with van der Waals surface area (Å²) < 4.78 is 2.06. The topological polar surface area (TPSA) is 33.4 Å². The van der Waals surface area contributed by atoms with E-state index in [2.05, 4.69) is 97.8 Å². The van der Waals surface area contributed by atoms with Gasteiger partial charge in [-0.3, -0.25) is 0 Å². The van der Waals surface area contributed by atoms with Gasteiger partial charge in [-0.1, -0.05) is 80.9 Å². The van der Waals surface area contributed by atoms with E-state index in [1.165, 1.54) is 41.8 Å². The third kappa shape index (κ3) is 4.52. The predicted octanol–water partition coefficient (Wildman–Crippen LogP) is 6.46. The third-order valence-corrected chi connectivity index (χ3v) is 6.89. The highest BCUT2D eigenvalue weighted by Gasteiger charge is 2.26. The number of nitrogens with zero attached hydrogens (tertiary/aromatic N) is 4. The molecule has 170 valence electrons. The molecule has 2 aromatic heterocycles. The number of aryl methyl sites for hydroxylation is 1. The molecule has 4 heteroatoms. The molecule has 1 aliphatic rings. The van der Waals surface area contributed by atoms with Crippen LogP contribution in [0.25, 0.3) is 16.8 Å². The van der Waals surface area contributed by atoms with Gasteiger partial charge in [-0.05, 0) is 43.2 Å². The second kappa shape index (κ2) is 8.66. The van der Waals surface area contributed by atoms with E-state index in [1.54, 1.807) is 0 Å². The smallest absolute Gasteiger partial charge is 0.165 e. The van der Waals surface area contributed by atoms with Crippen molar-refractivity contribution < 1.29 is 0 Å². The Balaban J connectivity index is 1.47. The Morgan fingerprint density at radius 3 is 2.30 bits per heavy atom. The number of piperidine rings is 1. The van der Waals surface area contributed by atoms with Crippen LogP contribution in [-0.2, 0) is 11.8 Å². The lowest BCUT2D eigenvalue weighted by atomic mass is 9.89. The first kappa shape index (κ1) is 21.7. The van der Waals surface area contributed by atoms with Crippen LogP contribution < -0.4 is 4.90 Å². The van der Waals surface area contributed by atoms with E-state index in [9.17, 15) is 0 Å². The molecule has 1 fully saturated rings. The van der Waals surface area contributed by atoms with Crippen LogP contribution in [0.2, 0.25) is 0 Å². The number of aromatic nitrogens is 3. The summed E-state index contributed by atoms with van der Waals surface area (Å²) in [5.41, 5.74) is 7.02. The standard InChI is InChI=1S/C29H34N4/c1-21-10-12-24(13-11-21)25-20-30-33-27(19-26(29(2,3)4)31-28(25)33)32-16-14-23(15-17-32)18-22-8-6-5-7-9-22/h5-13,19-20,23H,14-18H2,1-4H3. The zero-order chi connectivity index (χ0) is 23.0. The summed E-state index contributed by atoms with van der Waals surface area (Å²) in [6.45, 7) is 11.0. The van der Waals surface area contributed by atoms with Crippen molar-refractivity contribution in [1.82, 2.24) is 14.6 Å². The van der Waals surface area contributed by atoms with E-state index in [4.69, 9.17) is 10.1 Å². The molecule has 1 saturated heterocycles. The Morgan fingerprint density at radius 1 is 0.939 bits per heavy atom. The van der Waals surface area contributed by atoms with Gasteiger partial charge in [0.15, 0.2) is 5.65 Å². The third-order valence-electron chi connectivity index (χ3n) is 6.89. The Labute approximate surface area is 197 Å². The van der Waals surface area contributed by atoms with Gasteiger partial charge in [0.25, 0.3) is 0 Å². The zero-order valence-electron chi connectivity index (χ0n) is 20.3. The first-order chi connectivity index (χ1) is 15.9. The lowest BCUT2D eigenvalue weighted by Crippen LogP contribution is -2.36. The van der Waals surface area contributed by atoms with Gasteiger partial charge in [-0.15, -0.1) is 0 Å². The largest absolute Gasteiger partial charge is 0.356 e. The highest BCUT2D eigenvalue weighted by molar-refractivity contribution is 5.78. The van der Waals surface area contributed by atoms with Crippen LogP contribution in [-0.4, -0.2) is 27.7 Å². The molecule has 3 heterocycles. The Hall–Kier alpha value is -3.14. The molecule has 2 aromatic carbocycles. The SMILES string of the molecule is Cc1ccc(-c2cnn3c(N4CCC(Cc5ccccc5)CC4)cc(C(C)(C)C)nc23)cc1. The van der Waals surface area contributed by atoms with Gasteiger partial charge in [0.2, 0.25) is 0 Å². The maximum absolute atomic E-state index is 5.11. The van der Waals surface area contributed by atoms with Crippen molar-refractivity contribution in [1.29, 1.82) is 0 Å². The van der Waals surface area contributed by atoms with Gasteiger partial charge in [-0.2, -0.15) is 9.61 Å². The summed E-state index contributed by atoms with van der Waals surface area (Å²) in [6, 6.07) is 21.8. The molecule has 0 bridgehead atoms. The minimum atomic E-state index is -0.0308. The van der Waals surface area contributed by atoms with Gasteiger partial charge >= 0.3 is 0 Å². The Kier molecular flexibility index (Phi) is 5.69. The van der Waals surface area contributed by atoms with E-state index in [1.807, 2.05) is 6.20 Å². The van der Waals surface area contributed by atoms with Gasteiger partial charge in [0.05, 0.1) is 11.9 Å². The van der Waals surface area contributed by atoms with E-state index in [0.29, 0.717) is 0 Å². The van der Waals surface area contributed by atoms with Gasteiger partial charge in [0.1, 0.15) is 5.82 Å². The summed E-state index contributed by atoms with van der Waals surface area (Å²) >= 11 is 0. The lowest BCUT2D eigenvalue weighted by Gasteiger charge is -2.34. The number of rotatable bonds is 4. The predicted molar refractivity (Wildman–Crippen MR) is 137 cm³/mol. The molecule has 0 unspecified atom stereocenters. The molecule has 0 saturated carbocycles. The van der Waals surface area contributed by atoms with Gasteiger partial charge in [0, 0.05) is 30.1 Å². The van der Waals surface area contributed by atoms with Gasteiger partial charge < -0.3 is 4.90 Å². The van der Waals surface area contributed by atoms with Crippen molar-refractivity contribution in [3.63, 3.8) is 0 Å². The van der Waals surface area contributed by atoms with Gasteiger partial charge in [-0.25, -0.2) is 4.98 Å². The zero-order valence-corrected chi connectivity index (χ0v) is 20.3. The Morgan fingerprint density at radius 2 is 1.64 bits per heavy atom. The first-order valence-corrected chi connectivity index (χ1v) is 12.1. The molecule has 4 aromatic rings. The van der Waals surface area contributed by atoms with Crippen molar-refractivity contribution in [2.75, 3.05) is 18.0 Å². The molecule has 0 N–H and O–H groups in total. The Bertz CT molecular complexity index is 1220. The van der Waals surface area contributed by atoms with E-state index in [0.717, 1.165) is 35.9 Å². The van der Waals surface area contributed by atoms with Crippen LogP contribution in [0.4, 0.5) is 5.82 Å². The highest BCUT2D eigenvalue weighted by atomic mass is 15.3. The molecule has 4 nitrogen and oxygen atoms in total. The highest BCUT2D eigenvalue weighted by Crippen LogP contribution is 2.33. The normalized spacial score (nSPS) is 15.3. The maximum Gasteiger partial charge on any atom is 0.165 e. The lowest BCUT2D eigenvalue weighted by molar-refractivity contribution is 0.400. The summed E-state index contributed by atoms with van der Waals surface area (Å²) in [7, 11) is 0. The molecule has 5 rings (SSSR count). The fourth-order valence-corrected chi connectivity index (χ4v) is 4.81. The second-order valence-electron chi connectivity index (χ2n) is 10.5. The fourth-order valence-electron chi connectivity index (χ4n) is 4.81. The van der Waals surface area contributed by atoms with Crippen molar-refractivity contribution in [2.24, 2.45) is 5.92 Å². The molecule has 1 aliphatic heterocycles. The molecule has 0 aliphatic carbocycles. The van der Waals surface area contributed by atoms with E-state index < -0.39 is 0 Å². The average Bonchev–Trinajstić information content (AvgIpc) is 3.24. The summed E-state index contributed by atoms with van der Waals surface area (Å²) in [5.74, 6) is 1.91. The molecule has 0 radical (unpaired) electrons. The van der Waals surface area contributed by atoms with Crippen LogP contribution in [0.15, 0.2) is 66.9 Å². The number of fused-ring (bicyclic) bond motifs is 1. The number of hydrogen-bond acceptors (Lipinski definition) is 3. The minimum absolute atomic E-state index is 0.0308. The van der Waals surface area contributed by atoms with Crippen LogP contribution in [0.5, 0.6) is 0 Å². The summed E-state index contributed by atoms with van der Waals surface area (Å²) in [6.07, 6.45) is 5.56. The molecule has 0 atom stereocenters. The average molecular weight is 439 g/mol. The number of anilines is 1. The van der Waals surface area contributed by atoms with E-state index >= 15 is 0 Å².